The van der Waals surface area contributed by atoms with E-state index in [1.165, 1.54) is 0 Å². The molecule has 1 N–H and O–H groups in total. The van der Waals surface area contributed by atoms with Crippen LogP contribution in [0.4, 0.5) is 0 Å². The van der Waals surface area contributed by atoms with Crippen molar-refractivity contribution in [2.24, 2.45) is 0 Å². The van der Waals surface area contributed by atoms with E-state index in [1.54, 1.807) is 6.08 Å². The molecule has 0 saturated carbocycles. The maximum Gasteiger partial charge on any atom is 0.306 e. The van der Waals surface area contributed by atoms with Gasteiger partial charge in [-0.15, -0.1) is 0 Å². The van der Waals surface area contributed by atoms with Gasteiger partial charge in [0.25, 0.3) is 0 Å². The number of hydrogen-bond acceptors (Lipinski definition) is 4. The highest BCUT2D eigenvalue weighted by atomic mass is 16.5. The largest absolute Gasteiger partial charge is 0.463 e. The Balaban J connectivity index is 2.13. The van der Waals surface area contributed by atoms with Gasteiger partial charge in [0.05, 0.1) is 12.2 Å². The first-order valence-corrected chi connectivity index (χ1v) is 6.75. The van der Waals surface area contributed by atoms with Gasteiger partial charge in [0, 0.05) is 12.8 Å². The van der Waals surface area contributed by atoms with Gasteiger partial charge in [0.1, 0.15) is 0 Å². The van der Waals surface area contributed by atoms with Crippen LogP contribution in [0.15, 0.2) is 23.8 Å². The lowest BCUT2D eigenvalue weighted by molar-refractivity contribution is -0.147. The van der Waals surface area contributed by atoms with E-state index in [0.717, 1.165) is 12.8 Å². The number of allylic oxidation sites excluding steroid dienone is 3. The highest BCUT2D eigenvalue weighted by Crippen LogP contribution is 2.18. The molecule has 0 aromatic rings. The topological polar surface area (TPSA) is 63.6 Å². The van der Waals surface area contributed by atoms with Crippen molar-refractivity contribution in [3.8, 4) is 0 Å². The zero-order valence-corrected chi connectivity index (χ0v) is 11.6. The van der Waals surface area contributed by atoms with Gasteiger partial charge in [-0.25, -0.2) is 0 Å². The number of unbranched alkanes of at least 4 members (excludes halogenated alkanes) is 1. The van der Waals surface area contributed by atoms with Gasteiger partial charge >= 0.3 is 5.97 Å². The minimum absolute atomic E-state index is 0.0256. The van der Waals surface area contributed by atoms with Crippen molar-refractivity contribution in [2.45, 2.75) is 58.2 Å². The third-order valence-electron chi connectivity index (χ3n) is 2.77. The van der Waals surface area contributed by atoms with Crippen molar-refractivity contribution in [3.63, 3.8) is 0 Å². The number of aliphatic hydroxyl groups is 1. The number of hydrogen-bond donors (Lipinski definition) is 1. The fraction of sp³-hybridized carbons (Fsp3) is 0.600. The molecule has 0 aliphatic heterocycles. The molecule has 0 aromatic heterocycles. The second-order valence-corrected chi connectivity index (χ2v) is 4.99. The number of ketones is 1. The van der Waals surface area contributed by atoms with E-state index in [1.807, 2.05) is 26.0 Å². The van der Waals surface area contributed by atoms with E-state index < -0.39 is 6.10 Å². The van der Waals surface area contributed by atoms with Crippen LogP contribution in [0, 0.1) is 0 Å². The fourth-order valence-electron chi connectivity index (χ4n) is 1.90. The van der Waals surface area contributed by atoms with Gasteiger partial charge in [0.15, 0.2) is 5.78 Å². The number of Topliss-reactive ketones (excluding diaryl/α,β-unsaturated/α-hetero) is 1. The van der Waals surface area contributed by atoms with Crippen molar-refractivity contribution < 1.29 is 19.4 Å². The van der Waals surface area contributed by atoms with E-state index in [9.17, 15) is 14.7 Å². The Hall–Kier alpha value is -1.42. The Labute approximate surface area is 114 Å². The molecule has 4 heteroatoms. The number of carbonyl (C=O) groups is 2. The number of ether oxygens (including phenoxy) is 1. The molecule has 0 radical (unpaired) electrons. The maximum atomic E-state index is 11.4. The first-order valence-electron chi connectivity index (χ1n) is 6.75. The van der Waals surface area contributed by atoms with Crippen molar-refractivity contribution in [1.82, 2.24) is 0 Å². The van der Waals surface area contributed by atoms with Gasteiger partial charge < -0.3 is 9.84 Å². The molecule has 0 spiro atoms. The lowest BCUT2D eigenvalue weighted by atomic mass is 10.1. The van der Waals surface area contributed by atoms with Gasteiger partial charge in [-0.2, -0.15) is 0 Å². The first kappa shape index (κ1) is 15.6. The van der Waals surface area contributed by atoms with Crippen LogP contribution in [0.25, 0.3) is 0 Å². The van der Waals surface area contributed by atoms with Crippen molar-refractivity contribution in [3.05, 3.63) is 23.8 Å². The van der Waals surface area contributed by atoms with Gasteiger partial charge in [-0.05, 0) is 44.8 Å². The van der Waals surface area contributed by atoms with E-state index in [2.05, 4.69) is 0 Å². The maximum absolute atomic E-state index is 11.4. The molecule has 1 atom stereocenters. The predicted octanol–water partition coefficient (Wildman–Crippen LogP) is 2.31. The zero-order chi connectivity index (χ0) is 14.3. The molecule has 1 rings (SSSR count). The van der Waals surface area contributed by atoms with E-state index in [4.69, 9.17) is 4.74 Å². The summed E-state index contributed by atoms with van der Waals surface area (Å²) in [4.78, 5) is 22.6. The van der Waals surface area contributed by atoms with Crippen molar-refractivity contribution in [2.75, 3.05) is 0 Å². The number of esters is 1. The summed E-state index contributed by atoms with van der Waals surface area (Å²) in [6.45, 7) is 3.66. The van der Waals surface area contributed by atoms with Crippen LogP contribution in [0.1, 0.15) is 46.0 Å². The molecule has 19 heavy (non-hydrogen) atoms. The first-order chi connectivity index (χ1) is 8.99. The van der Waals surface area contributed by atoms with Crippen LogP contribution >= 0.6 is 0 Å². The summed E-state index contributed by atoms with van der Waals surface area (Å²) in [7, 11) is 0. The molecule has 0 unspecified atom stereocenters. The Bertz CT molecular complexity index is 380. The highest BCUT2D eigenvalue weighted by molar-refractivity contribution is 5.98. The molecule has 0 saturated heterocycles. The smallest absolute Gasteiger partial charge is 0.306 e. The average Bonchev–Trinajstić information content (AvgIpc) is 2.61. The minimum atomic E-state index is -0.610. The summed E-state index contributed by atoms with van der Waals surface area (Å²) in [5, 5.41) is 9.27. The molecule has 0 bridgehead atoms. The van der Waals surface area contributed by atoms with E-state index in [0.29, 0.717) is 18.4 Å². The normalized spacial score (nSPS) is 19.3. The molecule has 1 aliphatic carbocycles. The second kappa shape index (κ2) is 7.89. The molecular weight excluding hydrogens is 244 g/mol. The molecule has 0 fully saturated rings. The molecule has 4 nitrogen and oxygen atoms in total. The third kappa shape index (κ3) is 6.34. The van der Waals surface area contributed by atoms with Crippen LogP contribution in [0.5, 0.6) is 0 Å². The van der Waals surface area contributed by atoms with Crippen LogP contribution < -0.4 is 0 Å². The van der Waals surface area contributed by atoms with E-state index >= 15 is 0 Å². The Morgan fingerprint density at radius 1 is 1.53 bits per heavy atom. The number of aliphatic hydroxyl groups excluding tert-OH is 1. The van der Waals surface area contributed by atoms with Crippen LogP contribution in [-0.4, -0.2) is 29.1 Å². The molecule has 1 aliphatic rings. The average molecular weight is 266 g/mol. The van der Waals surface area contributed by atoms with Crippen LogP contribution in [-0.2, 0) is 14.3 Å². The van der Waals surface area contributed by atoms with Crippen LogP contribution in [0.2, 0.25) is 0 Å². The minimum Gasteiger partial charge on any atom is -0.463 e. The lowest BCUT2D eigenvalue weighted by Gasteiger charge is -2.06. The highest BCUT2D eigenvalue weighted by Gasteiger charge is 2.20. The molecular formula is C15H22O4. The molecule has 0 amide bonds. The predicted molar refractivity (Wildman–Crippen MR) is 72.5 cm³/mol. The van der Waals surface area contributed by atoms with E-state index in [-0.39, 0.29) is 24.3 Å². The summed E-state index contributed by atoms with van der Waals surface area (Å²) in [5.74, 6) is -0.141. The number of rotatable bonds is 7. The SMILES string of the molecule is CC(C)OC(=O)CCC/C=C\CC1=C[C@@H](O)CC1=O. The molecule has 106 valence electrons. The fourth-order valence-corrected chi connectivity index (χ4v) is 1.90. The summed E-state index contributed by atoms with van der Waals surface area (Å²) in [5.41, 5.74) is 0.683. The van der Waals surface area contributed by atoms with Gasteiger partial charge in [0.2, 0.25) is 0 Å². The van der Waals surface area contributed by atoms with Crippen molar-refractivity contribution in [1.29, 1.82) is 0 Å². The van der Waals surface area contributed by atoms with Gasteiger partial charge in [-0.3, -0.25) is 9.59 Å². The lowest BCUT2D eigenvalue weighted by Crippen LogP contribution is -2.10. The number of carbonyl (C=O) groups excluding carboxylic acids is 2. The Morgan fingerprint density at radius 2 is 2.26 bits per heavy atom. The monoisotopic (exact) mass is 266 g/mol. The quantitative estimate of drug-likeness (QED) is 0.436. The van der Waals surface area contributed by atoms with Crippen molar-refractivity contribution >= 4 is 11.8 Å². The van der Waals surface area contributed by atoms with Crippen LogP contribution in [0.3, 0.4) is 0 Å². The third-order valence-corrected chi connectivity index (χ3v) is 2.77. The molecule has 0 aromatic carbocycles. The standard InChI is InChI=1S/C15H22O4/c1-11(2)19-15(18)8-6-4-3-5-7-12-9-13(16)10-14(12)17/h3,5,9,11,13,16H,4,6-8,10H2,1-2H3/b5-3-/t13-/m1/s1. The summed E-state index contributed by atoms with van der Waals surface area (Å²) in [6.07, 6.45) is 7.55. The Morgan fingerprint density at radius 3 is 2.84 bits per heavy atom. The second-order valence-electron chi connectivity index (χ2n) is 4.99. The molecule has 0 heterocycles. The summed E-state index contributed by atoms with van der Waals surface area (Å²) in [6, 6.07) is 0. The Kier molecular flexibility index (Phi) is 6.50. The van der Waals surface area contributed by atoms with Gasteiger partial charge in [-0.1, -0.05) is 12.2 Å². The summed E-state index contributed by atoms with van der Waals surface area (Å²) >= 11 is 0. The zero-order valence-electron chi connectivity index (χ0n) is 11.6. The summed E-state index contributed by atoms with van der Waals surface area (Å²) < 4.78 is 5.02.